The van der Waals surface area contributed by atoms with Gasteiger partial charge in [0.05, 0.1) is 20.8 Å². The molecular formula is C18H21N3OS. The van der Waals surface area contributed by atoms with Crippen LogP contribution in [0, 0.1) is 0 Å². The van der Waals surface area contributed by atoms with Gasteiger partial charge in [-0.15, -0.1) is 11.3 Å². The molecule has 0 aliphatic carbocycles. The molecule has 0 aliphatic rings. The zero-order valence-electron chi connectivity index (χ0n) is 13.5. The fourth-order valence-corrected chi connectivity index (χ4v) is 3.54. The summed E-state index contributed by atoms with van der Waals surface area (Å²) in [7, 11) is 0. The van der Waals surface area contributed by atoms with Crippen LogP contribution in [0.1, 0.15) is 36.4 Å². The zero-order chi connectivity index (χ0) is 16.2. The summed E-state index contributed by atoms with van der Waals surface area (Å²) in [5.74, 6) is 0.953. The molecule has 0 aliphatic heterocycles. The molecule has 1 aromatic carbocycles. The summed E-state index contributed by atoms with van der Waals surface area (Å²) in [6.45, 7) is 5.84. The first-order valence-electron chi connectivity index (χ1n) is 8.08. The third kappa shape index (κ3) is 3.15. The van der Waals surface area contributed by atoms with E-state index in [2.05, 4.69) is 22.9 Å². The number of para-hydroxylation sites is 2. The van der Waals surface area contributed by atoms with Crippen LogP contribution >= 0.6 is 11.3 Å². The van der Waals surface area contributed by atoms with Gasteiger partial charge < -0.3 is 9.88 Å². The van der Waals surface area contributed by atoms with Crippen LogP contribution in [0.3, 0.4) is 0 Å². The van der Waals surface area contributed by atoms with Gasteiger partial charge in [0.2, 0.25) is 0 Å². The van der Waals surface area contributed by atoms with Crippen LogP contribution < -0.4 is 5.32 Å². The van der Waals surface area contributed by atoms with Crippen LogP contribution in [0.15, 0.2) is 36.4 Å². The van der Waals surface area contributed by atoms with Crippen molar-refractivity contribution in [2.24, 2.45) is 0 Å². The van der Waals surface area contributed by atoms with Crippen molar-refractivity contribution in [1.29, 1.82) is 0 Å². The highest BCUT2D eigenvalue weighted by atomic mass is 32.1. The summed E-state index contributed by atoms with van der Waals surface area (Å²) in [5, 5.41) is 2.92. The van der Waals surface area contributed by atoms with Crippen LogP contribution in [0.25, 0.3) is 21.7 Å². The van der Waals surface area contributed by atoms with E-state index < -0.39 is 0 Å². The topological polar surface area (TPSA) is 46.9 Å². The third-order valence-electron chi connectivity index (χ3n) is 3.69. The Labute approximate surface area is 140 Å². The fourth-order valence-electron chi connectivity index (χ4n) is 2.62. The lowest BCUT2D eigenvalue weighted by atomic mass is 10.3. The molecule has 3 aromatic rings. The number of aromatic nitrogens is 2. The van der Waals surface area contributed by atoms with Crippen molar-refractivity contribution in [1.82, 2.24) is 14.9 Å². The van der Waals surface area contributed by atoms with Gasteiger partial charge in [0.25, 0.3) is 5.91 Å². The molecular weight excluding hydrogens is 306 g/mol. The van der Waals surface area contributed by atoms with Crippen LogP contribution in [0.2, 0.25) is 0 Å². The highest BCUT2D eigenvalue weighted by Crippen LogP contribution is 2.30. The predicted molar refractivity (Wildman–Crippen MR) is 96.0 cm³/mol. The number of fused-ring (bicyclic) bond motifs is 1. The summed E-state index contributed by atoms with van der Waals surface area (Å²) < 4.78 is 2.24. The molecule has 120 valence electrons. The second kappa shape index (κ2) is 6.96. The van der Waals surface area contributed by atoms with Crippen LogP contribution in [-0.2, 0) is 6.54 Å². The molecule has 0 spiro atoms. The molecule has 0 saturated heterocycles. The standard InChI is InChI=1S/C18H21N3OS/c1-3-11-19-18(22)16-10-9-15(23-16)17-20-13-7-5-6-8-14(13)21(17)12-4-2/h5-10H,3-4,11-12H2,1-2H3,(H,19,22). The van der Waals surface area contributed by atoms with Gasteiger partial charge >= 0.3 is 0 Å². The molecule has 3 rings (SSSR count). The molecule has 0 fully saturated rings. The molecule has 5 heteroatoms. The molecule has 1 N–H and O–H groups in total. The molecule has 0 radical (unpaired) electrons. The Bertz CT molecular complexity index is 819. The number of carbonyl (C=O) groups is 1. The van der Waals surface area contributed by atoms with Gasteiger partial charge in [-0.1, -0.05) is 26.0 Å². The van der Waals surface area contributed by atoms with E-state index in [4.69, 9.17) is 4.98 Å². The van der Waals surface area contributed by atoms with Crippen molar-refractivity contribution >= 4 is 28.3 Å². The quantitative estimate of drug-likeness (QED) is 0.733. The summed E-state index contributed by atoms with van der Waals surface area (Å²) in [5.41, 5.74) is 2.15. The maximum atomic E-state index is 12.1. The van der Waals surface area contributed by atoms with Gasteiger partial charge in [-0.2, -0.15) is 0 Å². The predicted octanol–water partition coefficient (Wildman–Crippen LogP) is 4.31. The maximum Gasteiger partial charge on any atom is 0.261 e. The van der Waals surface area contributed by atoms with Crippen molar-refractivity contribution in [2.75, 3.05) is 6.54 Å². The van der Waals surface area contributed by atoms with Crippen LogP contribution in [-0.4, -0.2) is 22.0 Å². The number of carbonyl (C=O) groups excluding carboxylic acids is 1. The molecule has 2 heterocycles. The van der Waals surface area contributed by atoms with Crippen molar-refractivity contribution in [2.45, 2.75) is 33.2 Å². The Morgan fingerprint density at radius 2 is 2.00 bits per heavy atom. The van der Waals surface area contributed by atoms with Crippen LogP contribution in [0.4, 0.5) is 0 Å². The van der Waals surface area contributed by atoms with E-state index in [9.17, 15) is 4.79 Å². The van der Waals surface area contributed by atoms with Gasteiger partial charge in [0.15, 0.2) is 5.82 Å². The summed E-state index contributed by atoms with van der Waals surface area (Å²) in [6, 6.07) is 12.1. The number of hydrogen-bond acceptors (Lipinski definition) is 3. The maximum absolute atomic E-state index is 12.1. The second-order valence-electron chi connectivity index (χ2n) is 5.50. The minimum absolute atomic E-state index is 0.00116. The second-order valence-corrected chi connectivity index (χ2v) is 6.58. The fraction of sp³-hybridized carbons (Fsp3) is 0.333. The Hall–Kier alpha value is -2.14. The van der Waals surface area contributed by atoms with Gasteiger partial charge in [-0.3, -0.25) is 4.79 Å². The monoisotopic (exact) mass is 327 g/mol. The van der Waals surface area contributed by atoms with Gasteiger partial charge in [-0.25, -0.2) is 4.98 Å². The van der Waals surface area contributed by atoms with Gasteiger partial charge in [-0.05, 0) is 37.1 Å². The van der Waals surface area contributed by atoms with E-state index in [1.165, 1.54) is 11.3 Å². The first kappa shape index (κ1) is 15.7. The van der Waals surface area contributed by atoms with E-state index in [-0.39, 0.29) is 5.91 Å². The number of benzene rings is 1. The van der Waals surface area contributed by atoms with E-state index in [0.717, 1.165) is 46.0 Å². The van der Waals surface area contributed by atoms with E-state index >= 15 is 0 Å². The number of thiophene rings is 1. The SMILES string of the molecule is CCCNC(=O)c1ccc(-c2nc3ccccc3n2CCC)s1. The molecule has 1 amide bonds. The lowest BCUT2D eigenvalue weighted by molar-refractivity contribution is 0.0957. The molecule has 0 atom stereocenters. The summed E-state index contributed by atoms with van der Waals surface area (Å²) in [4.78, 5) is 18.7. The molecule has 4 nitrogen and oxygen atoms in total. The molecule has 0 saturated carbocycles. The molecule has 0 bridgehead atoms. The zero-order valence-corrected chi connectivity index (χ0v) is 14.3. The largest absolute Gasteiger partial charge is 0.351 e. The minimum Gasteiger partial charge on any atom is -0.351 e. The van der Waals surface area contributed by atoms with E-state index in [1.54, 1.807) is 0 Å². The van der Waals surface area contributed by atoms with Crippen molar-refractivity contribution < 1.29 is 4.79 Å². The number of hydrogen-bond donors (Lipinski definition) is 1. The first-order valence-corrected chi connectivity index (χ1v) is 8.90. The number of imidazole rings is 1. The first-order chi connectivity index (χ1) is 11.2. The Morgan fingerprint density at radius 3 is 2.78 bits per heavy atom. The van der Waals surface area contributed by atoms with Crippen molar-refractivity contribution in [3.05, 3.63) is 41.3 Å². The highest BCUT2D eigenvalue weighted by molar-refractivity contribution is 7.17. The van der Waals surface area contributed by atoms with Crippen molar-refractivity contribution in [3.63, 3.8) is 0 Å². The number of nitrogens with zero attached hydrogens (tertiary/aromatic N) is 2. The average Bonchev–Trinajstić information content (AvgIpc) is 3.18. The highest BCUT2D eigenvalue weighted by Gasteiger charge is 2.15. The normalized spacial score (nSPS) is 11.0. The lowest BCUT2D eigenvalue weighted by Crippen LogP contribution is -2.22. The third-order valence-corrected chi connectivity index (χ3v) is 4.77. The van der Waals surface area contributed by atoms with Gasteiger partial charge in [0, 0.05) is 13.1 Å². The smallest absolute Gasteiger partial charge is 0.261 e. The van der Waals surface area contributed by atoms with E-state index in [0.29, 0.717) is 6.54 Å². The Morgan fingerprint density at radius 1 is 1.17 bits per heavy atom. The van der Waals surface area contributed by atoms with E-state index in [1.807, 2.05) is 37.3 Å². The average molecular weight is 327 g/mol. The molecule has 23 heavy (non-hydrogen) atoms. The minimum atomic E-state index is 0.00116. The number of rotatable bonds is 6. The number of aryl methyl sites for hydroxylation is 1. The van der Waals surface area contributed by atoms with Crippen molar-refractivity contribution in [3.8, 4) is 10.7 Å². The summed E-state index contributed by atoms with van der Waals surface area (Å²) >= 11 is 1.50. The lowest BCUT2D eigenvalue weighted by Gasteiger charge is -2.06. The van der Waals surface area contributed by atoms with Crippen LogP contribution in [0.5, 0.6) is 0 Å². The Balaban J connectivity index is 1.98. The number of nitrogens with one attached hydrogen (secondary N) is 1. The summed E-state index contributed by atoms with van der Waals surface area (Å²) in [6.07, 6.45) is 1.98. The Kier molecular flexibility index (Phi) is 4.76. The van der Waals surface area contributed by atoms with Gasteiger partial charge in [0.1, 0.15) is 0 Å². The molecule has 0 unspecified atom stereocenters. The molecule has 2 aromatic heterocycles. The number of amides is 1.